The second-order valence-electron chi connectivity index (χ2n) is 11.7. The van der Waals surface area contributed by atoms with Crippen molar-refractivity contribution in [2.45, 2.75) is 84.0 Å². The molecule has 3 saturated carbocycles. The molecule has 0 aromatic rings. The molecule has 4 heteroatoms. The number of aliphatic hydroxyl groups excluding tert-OH is 2. The molecule has 0 radical (unpaired) electrons. The molecule has 4 nitrogen and oxygen atoms in total. The van der Waals surface area contributed by atoms with E-state index in [0.717, 1.165) is 23.0 Å². The smallest absolute Gasteiger partial charge is 0.0811 e. The molecule has 0 amide bonds. The number of hydrogen-bond acceptors (Lipinski definition) is 4. The van der Waals surface area contributed by atoms with E-state index in [1.165, 1.54) is 58.3 Å². The first-order valence-electron chi connectivity index (χ1n) is 13.1. The number of allylic oxidation sites excluding steroid dienone is 3. The van der Waals surface area contributed by atoms with E-state index in [0.29, 0.717) is 30.2 Å². The number of aliphatic hydroxyl groups is 2. The molecule has 0 aromatic heterocycles. The minimum Gasteiger partial charge on any atom is -0.393 e. The number of likely N-dealkylation sites (N-methyl/N-ethyl adjacent to an activating group) is 1. The van der Waals surface area contributed by atoms with Gasteiger partial charge in [-0.3, -0.25) is 4.90 Å². The van der Waals surface area contributed by atoms with Gasteiger partial charge in [0, 0.05) is 38.6 Å². The number of nitrogens with zero attached hydrogens (tertiary/aromatic N) is 2. The SMILES string of the molecule is C=C1/C(=C\C=C2/CCC[C@]3(C)[C@@H](C(C)CN4CCN(C)C[C@H]4C)CC[C@@H]23)C[C@@H](O)C[C@@H]1O. The Hall–Kier alpha value is -0.940. The van der Waals surface area contributed by atoms with Crippen molar-refractivity contribution in [3.63, 3.8) is 0 Å². The second kappa shape index (κ2) is 9.74. The molecule has 3 aliphatic carbocycles. The molecule has 4 aliphatic rings. The Labute approximate surface area is 196 Å². The first kappa shape index (κ1) is 24.2. The summed E-state index contributed by atoms with van der Waals surface area (Å²) in [7, 11) is 2.25. The number of fused-ring (bicyclic) bond motifs is 1. The van der Waals surface area contributed by atoms with Gasteiger partial charge in [0.25, 0.3) is 0 Å². The van der Waals surface area contributed by atoms with Crippen molar-refractivity contribution in [2.24, 2.45) is 23.2 Å². The molecule has 4 fully saturated rings. The third-order valence-electron chi connectivity index (χ3n) is 9.48. The number of rotatable bonds is 4. The van der Waals surface area contributed by atoms with Gasteiger partial charge in [-0.15, -0.1) is 0 Å². The Kier molecular flexibility index (Phi) is 7.36. The molecule has 1 unspecified atom stereocenters. The van der Waals surface area contributed by atoms with Crippen molar-refractivity contribution >= 4 is 0 Å². The van der Waals surface area contributed by atoms with Gasteiger partial charge < -0.3 is 15.1 Å². The van der Waals surface area contributed by atoms with Gasteiger partial charge in [0.15, 0.2) is 0 Å². The standard InChI is InChI=1S/C28H46N2O2/c1-19(17-30-14-13-29(5)18-20(30)2)25-10-11-26-22(7-6-12-28(25,26)4)8-9-23-15-24(31)16-27(32)21(23)3/h8-9,19-20,24-27,31-32H,3,6-7,10-18H2,1-2,4-5H3/b22-8+,23-9-/t19?,20-,24-,25-,26+,27+,28-/m1/s1. The van der Waals surface area contributed by atoms with Gasteiger partial charge in [-0.2, -0.15) is 0 Å². The van der Waals surface area contributed by atoms with E-state index in [1.807, 2.05) is 0 Å². The molecule has 4 rings (SSSR count). The highest BCUT2D eigenvalue weighted by molar-refractivity contribution is 5.38. The van der Waals surface area contributed by atoms with Crippen LogP contribution in [0.5, 0.6) is 0 Å². The van der Waals surface area contributed by atoms with Crippen LogP contribution in [0, 0.1) is 23.2 Å². The summed E-state index contributed by atoms with van der Waals surface area (Å²) < 4.78 is 0. The van der Waals surface area contributed by atoms with Gasteiger partial charge in [-0.25, -0.2) is 0 Å². The molecule has 1 aliphatic heterocycles. The van der Waals surface area contributed by atoms with Crippen LogP contribution in [0.25, 0.3) is 0 Å². The summed E-state index contributed by atoms with van der Waals surface area (Å²) in [5.74, 6) is 2.21. The van der Waals surface area contributed by atoms with E-state index in [4.69, 9.17) is 0 Å². The van der Waals surface area contributed by atoms with Gasteiger partial charge >= 0.3 is 0 Å². The predicted octanol–water partition coefficient (Wildman–Crippen LogP) is 4.40. The van der Waals surface area contributed by atoms with E-state index in [-0.39, 0.29) is 0 Å². The van der Waals surface area contributed by atoms with Gasteiger partial charge in [-0.1, -0.05) is 38.2 Å². The highest BCUT2D eigenvalue weighted by Gasteiger charge is 2.50. The fourth-order valence-electron chi connectivity index (χ4n) is 7.62. The normalized spacial score (nSPS) is 43.1. The summed E-state index contributed by atoms with van der Waals surface area (Å²) in [5, 5.41) is 20.3. The zero-order valence-corrected chi connectivity index (χ0v) is 20.9. The minimum absolute atomic E-state index is 0.403. The Balaban J connectivity index is 1.46. The number of hydrogen-bond donors (Lipinski definition) is 2. The van der Waals surface area contributed by atoms with Gasteiger partial charge in [0.05, 0.1) is 12.2 Å². The lowest BCUT2D eigenvalue weighted by Crippen LogP contribution is -2.52. The average molecular weight is 443 g/mol. The average Bonchev–Trinajstić information content (AvgIpc) is 3.09. The summed E-state index contributed by atoms with van der Waals surface area (Å²) in [5.41, 5.74) is 3.82. The van der Waals surface area contributed by atoms with Crippen molar-refractivity contribution in [1.82, 2.24) is 9.80 Å². The van der Waals surface area contributed by atoms with Crippen molar-refractivity contribution in [1.29, 1.82) is 0 Å². The fraction of sp³-hybridized carbons (Fsp3) is 0.786. The summed E-state index contributed by atoms with van der Waals surface area (Å²) in [6.07, 6.45) is 11.0. The molecular weight excluding hydrogens is 396 g/mol. The first-order valence-corrected chi connectivity index (χ1v) is 13.1. The monoisotopic (exact) mass is 442 g/mol. The molecular formula is C28H46N2O2. The summed E-state index contributed by atoms with van der Waals surface area (Å²) in [6.45, 7) is 16.4. The van der Waals surface area contributed by atoms with E-state index in [1.54, 1.807) is 5.57 Å². The van der Waals surface area contributed by atoms with Crippen LogP contribution in [0.3, 0.4) is 0 Å². The zero-order chi connectivity index (χ0) is 23.0. The fourth-order valence-corrected chi connectivity index (χ4v) is 7.62. The van der Waals surface area contributed by atoms with E-state index < -0.39 is 12.2 Å². The maximum atomic E-state index is 10.2. The highest BCUT2D eigenvalue weighted by atomic mass is 16.3. The summed E-state index contributed by atoms with van der Waals surface area (Å²) in [6, 6.07) is 0.656. The van der Waals surface area contributed by atoms with Crippen LogP contribution in [0.2, 0.25) is 0 Å². The van der Waals surface area contributed by atoms with Crippen LogP contribution in [-0.2, 0) is 0 Å². The molecule has 0 bridgehead atoms. The molecule has 0 spiro atoms. The van der Waals surface area contributed by atoms with Crippen LogP contribution >= 0.6 is 0 Å². The third kappa shape index (κ3) is 4.80. The minimum atomic E-state index is -0.603. The maximum absolute atomic E-state index is 10.2. The quantitative estimate of drug-likeness (QED) is 0.677. The van der Waals surface area contributed by atoms with Gasteiger partial charge in [0.1, 0.15) is 0 Å². The predicted molar refractivity (Wildman–Crippen MR) is 132 cm³/mol. The van der Waals surface area contributed by atoms with Crippen molar-refractivity contribution in [2.75, 3.05) is 33.2 Å². The molecule has 180 valence electrons. The summed E-state index contributed by atoms with van der Waals surface area (Å²) >= 11 is 0. The topological polar surface area (TPSA) is 46.9 Å². The van der Waals surface area contributed by atoms with E-state index in [9.17, 15) is 10.2 Å². The molecule has 7 atom stereocenters. The van der Waals surface area contributed by atoms with Crippen molar-refractivity contribution in [3.8, 4) is 0 Å². The van der Waals surface area contributed by atoms with E-state index >= 15 is 0 Å². The van der Waals surface area contributed by atoms with Crippen molar-refractivity contribution in [3.05, 3.63) is 35.5 Å². The van der Waals surface area contributed by atoms with Gasteiger partial charge in [-0.05, 0) is 86.8 Å². The van der Waals surface area contributed by atoms with Crippen molar-refractivity contribution < 1.29 is 10.2 Å². The lowest BCUT2D eigenvalue weighted by atomic mass is 9.61. The Morgan fingerprint density at radius 1 is 1.22 bits per heavy atom. The molecule has 1 heterocycles. The Morgan fingerprint density at radius 3 is 2.75 bits per heavy atom. The van der Waals surface area contributed by atoms with Gasteiger partial charge in [0.2, 0.25) is 0 Å². The largest absolute Gasteiger partial charge is 0.393 e. The lowest BCUT2D eigenvalue weighted by Gasteiger charge is -2.46. The molecule has 0 aromatic carbocycles. The van der Waals surface area contributed by atoms with Crippen LogP contribution in [-0.4, -0.2) is 71.5 Å². The van der Waals surface area contributed by atoms with Crippen LogP contribution in [0.4, 0.5) is 0 Å². The molecule has 1 saturated heterocycles. The molecule has 2 N–H and O–H groups in total. The molecule has 32 heavy (non-hydrogen) atoms. The third-order valence-corrected chi connectivity index (χ3v) is 9.48. The van der Waals surface area contributed by atoms with Crippen LogP contribution in [0.15, 0.2) is 35.5 Å². The highest BCUT2D eigenvalue weighted by Crippen LogP contribution is 2.59. The lowest BCUT2D eigenvalue weighted by molar-refractivity contribution is 0.0434. The first-order chi connectivity index (χ1) is 15.2. The Morgan fingerprint density at radius 2 is 2.00 bits per heavy atom. The number of piperazine rings is 1. The second-order valence-corrected chi connectivity index (χ2v) is 11.7. The van der Waals surface area contributed by atoms with Crippen LogP contribution in [0.1, 0.15) is 65.7 Å². The zero-order valence-electron chi connectivity index (χ0n) is 20.9. The Bertz CT molecular complexity index is 759. The van der Waals surface area contributed by atoms with Crippen LogP contribution < -0.4 is 0 Å². The summed E-state index contributed by atoms with van der Waals surface area (Å²) in [4.78, 5) is 5.20. The maximum Gasteiger partial charge on any atom is 0.0811 e. The van der Waals surface area contributed by atoms with E-state index in [2.05, 4.69) is 56.3 Å².